The van der Waals surface area contributed by atoms with Crippen LogP contribution in [0.15, 0.2) is 12.1 Å². The van der Waals surface area contributed by atoms with Crippen molar-refractivity contribution < 1.29 is 13.9 Å². The number of carbonyl (C=O) groups is 1. The molecule has 0 spiro atoms. The number of nitrogens with zero attached hydrogens (tertiary/aromatic N) is 2. The Morgan fingerprint density at radius 3 is 2.86 bits per heavy atom. The van der Waals surface area contributed by atoms with Crippen molar-refractivity contribution in [2.75, 3.05) is 19.4 Å². The van der Waals surface area contributed by atoms with Crippen molar-refractivity contribution in [3.05, 3.63) is 17.9 Å². The molecular weight excluding hydrogens is 275 g/mol. The molecule has 7 heteroatoms. The standard InChI is InChI=1S/C14H19FN4O2/c1-8(2)6-17-13(20)7-19-11-5-12(21-3)9(15)4-10(11)18-14(19)16/h4-5,8H,6-7H2,1-3H3,(H2,16,18)(H,17,20). The number of nitrogens with two attached hydrogens (primary N) is 1. The summed E-state index contributed by atoms with van der Waals surface area (Å²) in [5, 5.41) is 2.80. The number of nitrogen functional groups attached to an aromatic ring is 1. The van der Waals surface area contributed by atoms with Crippen LogP contribution in [0.5, 0.6) is 5.75 Å². The third-order valence-corrected chi connectivity index (χ3v) is 3.06. The molecule has 1 heterocycles. The molecule has 1 aromatic heterocycles. The summed E-state index contributed by atoms with van der Waals surface area (Å²) in [6.45, 7) is 4.64. The number of imidazole rings is 1. The van der Waals surface area contributed by atoms with Gasteiger partial charge in [-0.15, -0.1) is 0 Å². The van der Waals surface area contributed by atoms with E-state index in [1.165, 1.54) is 23.8 Å². The van der Waals surface area contributed by atoms with Gasteiger partial charge in [-0.3, -0.25) is 4.79 Å². The molecule has 0 saturated heterocycles. The van der Waals surface area contributed by atoms with Gasteiger partial charge in [0.1, 0.15) is 6.54 Å². The van der Waals surface area contributed by atoms with Gasteiger partial charge in [0.05, 0.1) is 18.1 Å². The van der Waals surface area contributed by atoms with Crippen molar-refractivity contribution in [3.8, 4) is 5.75 Å². The molecule has 0 aliphatic rings. The zero-order valence-corrected chi connectivity index (χ0v) is 12.3. The van der Waals surface area contributed by atoms with Gasteiger partial charge in [-0.05, 0) is 5.92 Å². The van der Waals surface area contributed by atoms with E-state index in [9.17, 15) is 9.18 Å². The van der Waals surface area contributed by atoms with E-state index >= 15 is 0 Å². The summed E-state index contributed by atoms with van der Waals surface area (Å²) in [7, 11) is 1.38. The first-order valence-corrected chi connectivity index (χ1v) is 6.68. The van der Waals surface area contributed by atoms with E-state index in [1.54, 1.807) is 0 Å². The first-order valence-electron chi connectivity index (χ1n) is 6.68. The van der Waals surface area contributed by atoms with Gasteiger partial charge in [0.2, 0.25) is 11.9 Å². The van der Waals surface area contributed by atoms with Crippen molar-refractivity contribution in [2.45, 2.75) is 20.4 Å². The van der Waals surface area contributed by atoms with Gasteiger partial charge in [-0.2, -0.15) is 0 Å². The number of aromatic nitrogens is 2. The van der Waals surface area contributed by atoms with Crippen LogP contribution in [0.4, 0.5) is 10.3 Å². The van der Waals surface area contributed by atoms with Gasteiger partial charge < -0.3 is 20.4 Å². The maximum atomic E-state index is 13.6. The summed E-state index contributed by atoms with van der Waals surface area (Å²) in [4.78, 5) is 16.0. The second-order valence-electron chi connectivity index (χ2n) is 5.23. The number of rotatable bonds is 5. The monoisotopic (exact) mass is 294 g/mol. The van der Waals surface area contributed by atoms with E-state index in [2.05, 4.69) is 10.3 Å². The Morgan fingerprint density at radius 1 is 1.52 bits per heavy atom. The van der Waals surface area contributed by atoms with Gasteiger partial charge in [-0.25, -0.2) is 9.37 Å². The fourth-order valence-corrected chi connectivity index (χ4v) is 1.99. The summed E-state index contributed by atoms with van der Waals surface area (Å²) >= 11 is 0. The minimum absolute atomic E-state index is 0.0316. The average molecular weight is 294 g/mol. The molecule has 2 aromatic rings. The molecule has 3 N–H and O–H groups in total. The summed E-state index contributed by atoms with van der Waals surface area (Å²) in [5.74, 6) is -0.0690. The van der Waals surface area contributed by atoms with Crippen LogP contribution in [0.25, 0.3) is 11.0 Å². The predicted molar refractivity (Wildman–Crippen MR) is 78.5 cm³/mol. The minimum Gasteiger partial charge on any atom is -0.494 e. The largest absolute Gasteiger partial charge is 0.494 e. The molecule has 0 atom stereocenters. The van der Waals surface area contributed by atoms with Crippen LogP contribution in [0.1, 0.15) is 13.8 Å². The maximum absolute atomic E-state index is 13.6. The molecular formula is C14H19FN4O2. The van der Waals surface area contributed by atoms with Gasteiger partial charge >= 0.3 is 0 Å². The highest BCUT2D eigenvalue weighted by Crippen LogP contribution is 2.26. The summed E-state index contributed by atoms with van der Waals surface area (Å²) in [6.07, 6.45) is 0. The maximum Gasteiger partial charge on any atom is 0.240 e. The lowest BCUT2D eigenvalue weighted by molar-refractivity contribution is -0.121. The number of ether oxygens (including phenoxy) is 1. The van der Waals surface area contributed by atoms with E-state index < -0.39 is 5.82 Å². The van der Waals surface area contributed by atoms with Gasteiger partial charge in [-0.1, -0.05) is 13.8 Å². The van der Waals surface area contributed by atoms with Crippen LogP contribution in [0, 0.1) is 11.7 Å². The first kappa shape index (κ1) is 15.1. The number of halogens is 1. The normalized spacial score (nSPS) is 11.1. The molecule has 1 aromatic carbocycles. The van der Waals surface area contributed by atoms with Crippen LogP contribution in [0.3, 0.4) is 0 Å². The fraction of sp³-hybridized carbons (Fsp3) is 0.429. The van der Waals surface area contributed by atoms with Crippen molar-refractivity contribution in [1.29, 1.82) is 0 Å². The van der Waals surface area contributed by atoms with Crippen LogP contribution < -0.4 is 15.8 Å². The first-order chi connectivity index (χ1) is 9.92. The molecule has 1 amide bonds. The van der Waals surface area contributed by atoms with Gasteiger partial charge in [0, 0.05) is 18.7 Å². The number of amides is 1. The average Bonchev–Trinajstić information content (AvgIpc) is 2.71. The smallest absolute Gasteiger partial charge is 0.240 e. The van der Waals surface area contributed by atoms with E-state index in [1.807, 2.05) is 13.8 Å². The minimum atomic E-state index is -0.515. The molecule has 0 saturated carbocycles. The Kier molecular flexibility index (Phi) is 4.30. The van der Waals surface area contributed by atoms with Crippen LogP contribution in [-0.4, -0.2) is 29.1 Å². The van der Waals surface area contributed by atoms with Crippen LogP contribution in [0.2, 0.25) is 0 Å². The van der Waals surface area contributed by atoms with E-state index in [0.29, 0.717) is 23.5 Å². The lowest BCUT2D eigenvalue weighted by Gasteiger charge is -2.10. The molecule has 0 unspecified atom stereocenters. The van der Waals surface area contributed by atoms with E-state index in [0.717, 1.165) is 0 Å². The Bertz CT molecular complexity index is 667. The summed E-state index contributed by atoms with van der Waals surface area (Å²) in [5.41, 5.74) is 6.76. The number of anilines is 1. The predicted octanol–water partition coefficient (Wildman–Crippen LogP) is 1.54. The van der Waals surface area contributed by atoms with Crippen molar-refractivity contribution in [1.82, 2.24) is 14.9 Å². The highest BCUT2D eigenvalue weighted by atomic mass is 19.1. The summed E-state index contributed by atoms with van der Waals surface area (Å²) in [6, 6.07) is 2.73. The fourth-order valence-electron chi connectivity index (χ4n) is 1.99. The molecule has 0 radical (unpaired) electrons. The van der Waals surface area contributed by atoms with E-state index in [4.69, 9.17) is 10.5 Å². The Labute approximate surface area is 122 Å². The molecule has 0 aliphatic heterocycles. The second-order valence-corrected chi connectivity index (χ2v) is 5.23. The quantitative estimate of drug-likeness (QED) is 0.876. The summed E-state index contributed by atoms with van der Waals surface area (Å²) < 4.78 is 20.1. The molecule has 0 aliphatic carbocycles. The highest BCUT2D eigenvalue weighted by Gasteiger charge is 2.15. The number of methoxy groups -OCH3 is 1. The molecule has 0 bridgehead atoms. The molecule has 21 heavy (non-hydrogen) atoms. The number of hydrogen-bond donors (Lipinski definition) is 2. The Morgan fingerprint density at radius 2 is 2.24 bits per heavy atom. The Balaban J connectivity index is 2.30. The molecule has 114 valence electrons. The second kappa shape index (κ2) is 5.99. The lowest BCUT2D eigenvalue weighted by Crippen LogP contribution is -2.30. The Hall–Kier alpha value is -2.31. The van der Waals surface area contributed by atoms with Crippen LogP contribution in [-0.2, 0) is 11.3 Å². The van der Waals surface area contributed by atoms with Crippen LogP contribution >= 0.6 is 0 Å². The van der Waals surface area contributed by atoms with Crippen molar-refractivity contribution in [3.63, 3.8) is 0 Å². The SMILES string of the molecule is COc1cc2c(cc1F)nc(N)n2CC(=O)NCC(C)C. The van der Waals surface area contributed by atoms with Crippen molar-refractivity contribution in [2.24, 2.45) is 5.92 Å². The molecule has 0 fully saturated rings. The number of fused-ring (bicyclic) bond motifs is 1. The number of carbonyl (C=O) groups excluding carboxylic acids is 1. The zero-order chi connectivity index (χ0) is 15.6. The van der Waals surface area contributed by atoms with E-state index in [-0.39, 0.29) is 24.1 Å². The lowest BCUT2D eigenvalue weighted by atomic mass is 10.2. The third kappa shape index (κ3) is 3.24. The number of benzene rings is 1. The zero-order valence-electron chi connectivity index (χ0n) is 12.3. The van der Waals surface area contributed by atoms with Gasteiger partial charge in [0.15, 0.2) is 11.6 Å². The number of hydrogen-bond acceptors (Lipinski definition) is 4. The molecule has 2 rings (SSSR count). The van der Waals surface area contributed by atoms with Gasteiger partial charge in [0.25, 0.3) is 0 Å². The van der Waals surface area contributed by atoms with Crippen molar-refractivity contribution >= 4 is 22.9 Å². The molecule has 6 nitrogen and oxygen atoms in total. The topological polar surface area (TPSA) is 82.2 Å². The highest BCUT2D eigenvalue weighted by molar-refractivity contribution is 5.83. The third-order valence-electron chi connectivity index (χ3n) is 3.06. The number of nitrogens with one attached hydrogen (secondary N) is 1.